The van der Waals surface area contributed by atoms with E-state index >= 15 is 0 Å². The van der Waals surface area contributed by atoms with Gasteiger partial charge >= 0.3 is 5.97 Å². The van der Waals surface area contributed by atoms with Gasteiger partial charge in [-0.25, -0.2) is 4.79 Å². The lowest BCUT2D eigenvalue weighted by Gasteiger charge is -2.04. The van der Waals surface area contributed by atoms with Gasteiger partial charge in [-0.2, -0.15) is 0 Å². The van der Waals surface area contributed by atoms with Crippen LogP contribution in [0.1, 0.15) is 15.9 Å². The van der Waals surface area contributed by atoms with Crippen molar-refractivity contribution in [3.05, 3.63) is 64.8 Å². The van der Waals surface area contributed by atoms with Crippen LogP contribution in [-0.4, -0.2) is 23.9 Å². The minimum absolute atomic E-state index is 0.307. The van der Waals surface area contributed by atoms with Gasteiger partial charge in [-0.15, -0.1) is 0 Å². The fourth-order valence-corrected chi connectivity index (χ4v) is 2.75. The largest absolute Gasteiger partial charge is 0.496 e. The molecular weight excluding hydrogens is 328 g/mol. The maximum absolute atomic E-state index is 12.1. The quantitative estimate of drug-likeness (QED) is 0.408. The summed E-state index contributed by atoms with van der Waals surface area (Å²) in [5, 5.41) is 5.24. The van der Waals surface area contributed by atoms with Crippen molar-refractivity contribution in [3.63, 3.8) is 0 Å². The molecule has 24 heavy (non-hydrogen) atoms. The average molecular weight is 343 g/mol. The van der Waals surface area contributed by atoms with Gasteiger partial charge in [-0.1, -0.05) is 47.1 Å². The molecule has 0 aliphatic carbocycles. The smallest absolute Gasteiger partial charge is 0.369 e. The third-order valence-corrected chi connectivity index (χ3v) is 4.17. The zero-order chi connectivity index (χ0) is 17.1. The molecule has 0 aliphatic rings. The number of oxime groups is 1. The Morgan fingerprint density at radius 1 is 1.17 bits per heavy atom. The van der Waals surface area contributed by atoms with Gasteiger partial charge in [0.1, 0.15) is 16.5 Å². The number of para-hydroxylation sites is 2. The highest BCUT2D eigenvalue weighted by Gasteiger charge is 2.14. The molecular formula is C18H15ClN2O3. The SMILES string of the molecule is COc1ccccc1C(=O)O/N=C\c1c(Cl)n(C)c2ccccc12. The van der Waals surface area contributed by atoms with Crippen molar-refractivity contribution in [2.24, 2.45) is 12.2 Å². The number of carbonyl (C=O) groups is 1. The molecule has 6 heteroatoms. The van der Waals surface area contributed by atoms with Crippen molar-refractivity contribution in [2.75, 3.05) is 7.11 Å². The highest BCUT2D eigenvalue weighted by atomic mass is 35.5. The lowest BCUT2D eigenvalue weighted by molar-refractivity contribution is 0.0515. The highest BCUT2D eigenvalue weighted by molar-refractivity contribution is 6.34. The summed E-state index contributed by atoms with van der Waals surface area (Å²) in [6.07, 6.45) is 1.44. The standard InChI is InChI=1S/C18H15ClN2O3/c1-21-15-9-5-3-7-12(15)14(17(21)19)11-20-24-18(22)13-8-4-6-10-16(13)23-2/h3-11H,1-2H3/b20-11-. The van der Waals surface area contributed by atoms with Crippen LogP contribution in [0.2, 0.25) is 5.15 Å². The van der Waals surface area contributed by atoms with Gasteiger partial charge in [0.15, 0.2) is 0 Å². The Balaban J connectivity index is 1.85. The number of nitrogens with zero attached hydrogens (tertiary/aromatic N) is 2. The molecule has 1 heterocycles. The van der Waals surface area contributed by atoms with Crippen molar-refractivity contribution >= 4 is 34.7 Å². The van der Waals surface area contributed by atoms with E-state index in [-0.39, 0.29) is 0 Å². The zero-order valence-electron chi connectivity index (χ0n) is 13.2. The molecule has 0 saturated heterocycles. The summed E-state index contributed by atoms with van der Waals surface area (Å²) in [5.74, 6) is -0.166. The molecule has 0 saturated carbocycles. The van der Waals surface area contributed by atoms with Crippen LogP contribution in [0.25, 0.3) is 10.9 Å². The summed E-state index contributed by atoms with van der Waals surface area (Å²) >= 11 is 6.33. The van der Waals surface area contributed by atoms with Crippen LogP contribution < -0.4 is 4.74 Å². The number of halogens is 1. The molecule has 3 aromatic rings. The maximum Gasteiger partial charge on any atom is 0.369 e. The molecule has 0 aliphatic heterocycles. The van der Waals surface area contributed by atoms with E-state index in [0.717, 1.165) is 10.9 Å². The Morgan fingerprint density at radius 3 is 2.67 bits per heavy atom. The van der Waals surface area contributed by atoms with Gasteiger partial charge in [-0.3, -0.25) is 0 Å². The van der Waals surface area contributed by atoms with Crippen molar-refractivity contribution in [1.29, 1.82) is 0 Å². The Morgan fingerprint density at radius 2 is 1.88 bits per heavy atom. The second-order valence-corrected chi connectivity index (χ2v) is 5.45. The first-order valence-electron chi connectivity index (χ1n) is 7.24. The average Bonchev–Trinajstić information content (AvgIpc) is 2.86. The minimum atomic E-state index is -0.597. The Labute approximate surface area is 144 Å². The topological polar surface area (TPSA) is 52.8 Å². The van der Waals surface area contributed by atoms with Crippen LogP contribution in [-0.2, 0) is 11.9 Å². The van der Waals surface area contributed by atoms with Crippen molar-refractivity contribution < 1.29 is 14.4 Å². The van der Waals surface area contributed by atoms with Crippen molar-refractivity contribution in [1.82, 2.24) is 4.57 Å². The summed E-state index contributed by atoms with van der Waals surface area (Å²) in [5.41, 5.74) is 1.98. The zero-order valence-corrected chi connectivity index (χ0v) is 13.9. The number of hydrogen-bond donors (Lipinski definition) is 0. The summed E-state index contributed by atoms with van der Waals surface area (Å²) in [6, 6.07) is 14.5. The molecule has 122 valence electrons. The van der Waals surface area contributed by atoms with Crippen LogP contribution in [0, 0.1) is 0 Å². The van der Waals surface area contributed by atoms with Crippen LogP contribution in [0.15, 0.2) is 53.7 Å². The van der Waals surface area contributed by atoms with Gasteiger partial charge in [0.2, 0.25) is 0 Å². The number of hydrogen-bond acceptors (Lipinski definition) is 4. The van der Waals surface area contributed by atoms with Gasteiger partial charge in [0.25, 0.3) is 0 Å². The Bertz CT molecular complexity index is 931. The molecule has 0 radical (unpaired) electrons. The van der Waals surface area contributed by atoms with Crippen molar-refractivity contribution in [2.45, 2.75) is 0 Å². The summed E-state index contributed by atoms with van der Waals surface area (Å²) in [6.45, 7) is 0. The number of benzene rings is 2. The predicted octanol–water partition coefficient (Wildman–Crippen LogP) is 4.03. The lowest BCUT2D eigenvalue weighted by atomic mass is 10.2. The van der Waals surface area contributed by atoms with Gasteiger partial charge in [0.05, 0.1) is 13.3 Å². The third-order valence-electron chi connectivity index (χ3n) is 3.72. The van der Waals surface area contributed by atoms with E-state index in [1.807, 2.05) is 35.9 Å². The van der Waals surface area contributed by atoms with E-state index in [0.29, 0.717) is 22.0 Å². The first-order valence-corrected chi connectivity index (χ1v) is 7.62. The predicted molar refractivity (Wildman–Crippen MR) is 93.9 cm³/mol. The summed E-state index contributed by atoms with van der Waals surface area (Å²) in [7, 11) is 3.36. The number of fused-ring (bicyclic) bond motifs is 1. The molecule has 3 rings (SSSR count). The molecule has 2 aromatic carbocycles. The number of carbonyl (C=O) groups excluding carboxylic acids is 1. The first kappa shape index (κ1) is 16.1. The number of ether oxygens (including phenoxy) is 1. The lowest BCUT2D eigenvalue weighted by Crippen LogP contribution is -2.03. The van der Waals surface area contributed by atoms with E-state index in [1.54, 1.807) is 24.3 Å². The fourth-order valence-electron chi connectivity index (χ4n) is 2.50. The second kappa shape index (κ2) is 6.76. The molecule has 0 N–H and O–H groups in total. The van der Waals surface area contributed by atoms with Gasteiger partial charge in [0, 0.05) is 23.5 Å². The van der Waals surface area contributed by atoms with E-state index in [4.69, 9.17) is 21.2 Å². The van der Waals surface area contributed by atoms with Gasteiger partial charge in [-0.05, 0) is 18.2 Å². The molecule has 0 unspecified atom stereocenters. The number of aromatic nitrogens is 1. The Kier molecular flexibility index (Phi) is 4.53. The molecule has 5 nitrogen and oxygen atoms in total. The summed E-state index contributed by atoms with van der Waals surface area (Å²) < 4.78 is 6.98. The summed E-state index contributed by atoms with van der Waals surface area (Å²) in [4.78, 5) is 17.1. The van der Waals surface area contributed by atoms with Gasteiger partial charge < -0.3 is 14.1 Å². The molecule has 0 bridgehead atoms. The number of aryl methyl sites for hydroxylation is 1. The van der Waals surface area contributed by atoms with E-state index in [2.05, 4.69) is 5.16 Å². The third kappa shape index (κ3) is 2.86. The fraction of sp³-hybridized carbons (Fsp3) is 0.111. The number of methoxy groups -OCH3 is 1. The Hall–Kier alpha value is -2.79. The van der Waals surface area contributed by atoms with Crippen molar-refractivity contribution in [3.8, 4) is 5.75 Å². The maximum atomic E-state index is 12.1. The van der Waals surface area contributed by atoms with E-state index < -0.39 is 5.97 Å². The molecule has 0 fully saturated rings. The van der Waals surface area contributed by atoms with Crippen LogP contribution >= 0.6 is 11.6 Å². The first-order chi connectivity index (χ1) is 11.6. The monoisotopic (exact) mass is 342 g/mol. The molecule has 0 spiro atoms. The van der Waals surface area contributed by atoms with Crippen LogP contribution in [0.4, 0.5) is 0 Å². The number of rotatable bonds is 4. The molecule has 0 amide bonds. The normalized spacial score (nSPS) is 11.1. The second-order valence-electron chi connectivity index (χ2n) is 5.09. The molecule has 1 aromatic heterocycles. The highest BCUT2D eigenvalue weighted by Crippen LogP contribution is 2.27. The van der Waals surface area contributed by atoms with E-state index in [1.165, 1.54) is 13.3 Å². The molecule has 0 atom stereocenters. The minimum Gasteiger partial charge on any atom is -0.496 e. The van der Waals surface area contributed by atoms with Crippen LogP contribution in [0.3, 0.4) is 0 Å². The van der Waals surface area contributed by atoms with Crippen LogP contribution in [0.5, 0.6) is 5.75 Å². The van der Waals surface area contributed by atoms with E-state index in [9.17, 15) is 4.79 Å².